The van der Waals surface area contributed by atoms with Crippen molar-refractivity contribution >= 4 is 23.4 Å². The Kier molecular flexibility index (Phi) is 11.3. The van der Waals surface area contributed by atoms with Crippen molar-refractivity contribution in [3.05, 3.63) is 89.5 Å². The predicted octanol–water partition coefficient (Wildman–Crippen LogP) is 6.63. The van der Waals surface area contributed by atoms with E-state index in [4.69, 9.17) is 30.9 Å². The number of nitrogen functional groups attached to an aromatic ring is 2. The van der Waals surface area contributed by atoms with E-state index in [0.29, 0.717) is 42.1 Å². The molecule has 0 heterocycles. The summed E-state index contributed by atoms with van der Waals surface area (Å²) in [6, 6.07) is 18.7. The van der Waals surface area contributed by atoms with E-state index in [2.05, 4.69) is 6.07 Å². The first kappa shape index (κ1) is 30.0. The number of alkyl halides is 2. The zero-order valence-corrected chi connectivity index (χ0v) is 22.2. The van der Waals surface area contributed by atoms with Crippen molar-refractivity contribution < 1.29 is 27.8 Å². The molecule has 210 valence electrons. The van der Waals surface area contributed by atoms with Crippen molar-refractivity contribution in [2.24, 2.45) is 0 Å². The second-order valence-corrected chi connectivity index (χ2v) is 9.14. The van der Waals surface area contributed by atoms with Crippen LogP contribution in [0.3, 0.4) is 0 Å². The molecule has 0 radical (unpaired) electrons. The summed E-state index contributed by atoms with van der Waals surface area (Å²) in [6.07, 6.45) is 3.88. The normalized spacial score (nSPS) is 11.2. The SMILES string of the molecule is N#CCCCCCCOc1ccc(C(F)(F)Oc2ccc(/C=C/C(=O)OCCc3cc(N)cc(N)c3)cc2)cc1. The first-order valence-electron chi connectivity index (χ1n) is 13.0. The zero-order chi connectivity index (χ0) is 28.8. The lowest BCUT2D eigenvalue weighted by Crippen LogP contribution is -2.21. The van der Waals surface area contributed by atoms with Gasteiger partial charge in [-0.05, 0) is 84.6 Å². The van der Waals surface area contributed by atoms with Gasteiger partial charge in [-0.3, -0.25) is 0 Å². The highest BCUT2D eigenvalue weighted by atomic mass is 19.3. The number of esters is 1. The van der Waals surface area contributed by atoms with E-state index >= 15 is 0 Å². The van der Waals surface area contributed by atoms with Gasteiger partial charge in [0.1, 0.15) is 11.5 Å². The third-order valence-corrected chi connectivity index (χ3v) is 5.85. The molecule has 4 N–H and O–H groups in total. The number of nitriles is 1. The quantitative estimate of drug-likeness (QED) is 0.0944. The minimum atomic E-state index is -3.55. The molecule has 40 heavy (non-hydrogen) atoms. The van der Waals surface area contributed by atoms with Gasteiger partial charge in [0.25, 0.3) is 0 Å². The molecule has 0 fully saturated rings. The summed E-state index contributed by atoms with van der Waals surface area (Å²) in [5.74, 6) is -0.0599. The van der Waals surface area contributed by atoms with Gasteiger partial charge in [-0.25, -0.2) is 4.79 Å². The standard InChI is InChI=1S/C31H33F2N3O4/c32-31(33,25-9-13-28(14-10-25)38-18-5-3-1-2-4-17-34)40-29-11-6-23(7-12-29)8-15-30(37)39-19-16-24-20-26(35)22-27(36)21-24/h6-15,20-22H,1-5,16,18-19,35-36H2/b15-8+. The van der Waals surface area contributed by atoms with Crippen LogP contribution in [0.25, 0.3) is 6.08 Å². The van der Waals surface area contributed by atoms with Crippen LogP contribution in [0.1, 0.15) is 48.8 Å². The summed E-state index contributed by atoms with van der Waals surface area (Å²) >= 11 is 0. The Morgan fingerprint density at radius 2 is 1.52 bits per heavy atom. The van der Waals surface area contributed by atoms with Crippen molar-refractivity contribution in [2.75, 3.05) is 24.7 Å². The van der Waals surface area contributed by atoms with Gasteiger partial charge >= 0.3 is 12.1 Å². The average molecular weight is 550 g/mol. The minimum absolute atomic E-state index is 0.0251. The molecule has 0 saturated carbocycles. The second kappa shape index (κ2) is 15.1. The van der Waals surface area contributed by atoms with E-state index < -0.39 is 12.1 Å². The van der Waals surface area contributed by atoms with Crippen LogP contribution in [-0.4, -0.2) is 19.2 Å². The number of hydrogen-bond acceptors (Lipinski definition) is 7. The van der Waals surface area contributed by atoms with Gasteiger partial charge in [-0.2, -0.15) is 14.0 Å². The Hall–Kier alpha value is -4.58. The van der Waals surface area contributed by atoms with Crippen molar-refractivity contribution in [3.8, 4) is 17.6 Å². The van der Waals surface area contributed by atoms with E-state index in [9.17, 15) is 13.6 Å². The molecule has 0 amide bonds. The number of nitrogens with two attached hydrogens (primary N) is 2. The van der Waals surface area contributed by atoms with Crippen LogP contribution in [0, 0.1) is 11.3 Å². The third kappa shape index (κ3) is 10.3. The van der Waals surface area contributed by atoms with Crippen LogP contribution in [0.4, 0.5) is 20.2 Å². The van der Waals surface area contributed by atoms with E-state index in [-0.39, 0.29) is 17.9 Å². The number of halogens is 2. The van der Waals surface area contributed by atoms with Crippen LogP contribution in [0.2, 0.25) is 0 Å². The Balaban J connectivity index is 1.43. The van der Waals surface area contributed by atoms with Crippen molar-refractivity contribution in [2.45, 2.75) is 44.6 Å². The summed E-state index contributed by atoms with van der Waals surface area (Å²) in [7, 11) is 0. The molecule has 0 saturated heterocycles. The fraction of sp³-hybridized carbons (Fsp3) is 0.290. The number of carbonyl (C=O) groups is 1. The van der Waals surface area contributed by atoms with Gasteiger partial charge in [-0.15, -0.1) is 0 Å². The molecule has 0 aromatic heterocycles. The van der Waals surface area contributed by atoms with Crippen molar-refractivity contribution in [1.29, 1.82) is 5.26 Å². The maximum atomic E-state index is 14.7. The van der Waals surface area contributed by atoms with Gasteiger partial charge in [0, 0.05) is 30.3 Å². The van der Waals surface area contributed by atoms with Gasteiger partial charge in [-0.1, -0.05) is 25.0 Å². The monoisotopic (exact) mass is 549 g/mol. The predicted molar refractivity (Wildman–Crippen MR) is 151 cm³/mol. The first-order chi connectivity index (χ1) is 19.2. The van der Waals surface area contributed by atoms with E-state index in [1.165, 1.54) is 48.6 Å². The molecule has 0 spiro atoms. The van der Waals surface area contributed by atoms with Gasteiger partial charge in [0.2, 0.25) is 0 Å². The highest BCUT2D eigenvalue weighted by Crippen LogP contribution is 2.32. The number of unbranched alkanes of at least 4 members (excludes halogenated alkanes) is 4. The molecule has 7 nitrogen and oxygen atoms in total. The lowest BCUT2D eigenvalue weighted by molar-refractivity contribution is -0.185. The van der Waals surface area contributed by atoms with Crippen LogP contribution in [0.15, 0.2) is 72.8 Å². The van der Waals surface area contributed by atoms with Crippen molar-refractivity contribution in [3.63, 3.8) is 0 Å². The van der Waals surface area contributed by atoms with Crippen LogP contribution in [-0.2, 0) is 22.1 Å². The molecule has 0 aliphatic carbocycles. The molecule has 9 heteroatoms. The van der Waals surface area contributed by atoms with E-state index in [0.717, 1.165) is 31.2 Å². The molecular weight excluding hydrogens is 516 g/mol. The summed E-state index contributed by atoms with van der Waals surface area (Å²) in [5.41, 5.74) is 13.8. The molecule has 0 bridgehead atoms. The molecule has 3 aromatic carbocycles. The van der Waals surface area contributed by atoms with Gasteiger partial charge in [0.05, 0.1) is 24.8 Å². The minimum Gasteiger partial charge on any atom is -0.494 e. The summed E-state index contributed by atoms with van der Waals surface area (Å²) in [6.45, 7) is 0.640. The number of ether oxygens (including phenoxy) is 3. The largest absolute Gasteiger partial charge is 0.494 e. The molecule has 0 atom stereocenters. The summed E-state index contributed by atoms with van der Waals surface area (Å²) < 4.78 is 45.1. The Labute approximate surface area is 233 Å². The van der Waals surface area contributed by atoms with Gasteiger partial charge < -0.3 is 25.7 Å². The number of anilines is 2. The summed E-state index contributed by atoms with van der Waals surface area (Å²) in [4.78, 5) is 12.0. The van der Waals surface area contributed by atoms with Gasteiger partial charge in [0.15, 0.2) is 0 Å². The number of nitrogens with zero attached hydrogens (tertiary/aromatic N) is 1. The molecule has 3 aromatic rings. The molecule has 0 aliphatic rings. The number of rotatable bonds is 15. The fourth-order valence-electron chi connectivity index (χ4n) is 3.82. The second-order valence-electron chi connectivity index (χ2n) is 9.14. The van der Waals surface area contributed by atoms with E-state index in [1.54, 1.807) is 30.3 Å². The third-order valence-electron chi connectivity index (χ3n) is 5.85. The van der Waals surface area contributed by atoms with E-state index in [1.807, 2.05) is 0 Å². The Morgan fingerprint density at radius 3 is 2.20 bits per heavy atom. The molecule has 0 unspecified atom stereocenters. The number of hydrogen-bond donors (Lipinski definition) is 2. The maximum absolute atomic E-state index is 14.7. The van der Waals surface area contributed by atoms with Crippen LogP contribution in [0.5, 0.6) is 11.5 Å². The lowest BCUT2D eigenvalue weighted by atomic mass is 10.1. The average Bonchev–Trinajstić information content (AvgIpc) is 2.92. The molecular formula is C31H33F2N3O4. The van der Waals surface area contributed by atoms with Crippen LogP contribution >= 0.6 is 0 Å². The lowest BCUT2D eigenvalue weighted by Gasteiger charge is -2.18. The highest BCUT2D eigenvalue weighted by molar-refractivity contribution is 5.87. The highest BCUT2D eigenvalue weighted by Gasteiger charge is 2.34. The molecule has 3 rings (SSSR count). The topological polar surface area (TPSA) is 121 Å². The number of benzene rings is 3. The van der Waals surface area contributed by atoms with Crippen molar-refractivity contribution in [1.82, 2.24) is 0 Å². The first-order valence-corrected chi connectivity index (χ1v) is 13.0. The smallest absolute Gasteiger partial charge is 0.426 e. The summed E-state index contributed by atoms with van der Waals surface area (Å²) in [5, 5.41) is 8.53. The Morgan fingerprint density at radius 1 is 0.875 bits per heavy atom. The number of carbonyl (C=O) groups excluding carboxylic acids is 1. The Bertz CT molecular complexity index is 1280. The zero-order valence-electron chi connectivity index (χ0n) is 22.2. The molecule has 0 aliphatic heterocycles. The maximum Gasteiger partial charge on any atom is 0.426 e. The fourth-order valence-corrected chi connectivity index (χ4v) is 3.82. The van der Waals surface area contributed by atoms with Crippen LogP contribution < -0.4 is 20.9 Å².